The molecule has 0 saturated carbocycles. The topological polar surface area (TPSA) is 86.9 Å². The predicted octanol–water partition coefficient (Wildman–Crippen LogP) is -0.0213. The van der Waals surface area contributed by atoms with Gasteiger partial charge in [-0.2, -0.15) is 0 Å². The van der Waals surface area contributed by atoms with Crippen molar-refractivity contribution >= 4 is 11.9 Å². The first kappa shape index (κ1) is 15.9. The van der Waals surface area contributed by atoms with Gasteiger partial charge < -0.3 is 15.7 Å². The van der Waals surface area contributed by atoms with E-state index in [0.29, 0.717) is 32.0 Å². The lowest BCUT2D eigenvalue weighted by molar-refractivity contribution is -0.138. The molecule has 6 nitrogen and oxygen atoms in total. The third-order valence-electron chi connectivity index (χ3n) is 3.57. The molecule has 1 atom stereocenters. The number of amides is 1. The number of hydrogen-bond donors (Lipinski definition) is 2. The molecular weight excluding hydrogens is 246 g/mol. The summed E-state index contributed by atoms with van der Waals surface area (Å²) in [4.78, 5) is 26.5. The van der Waals surface area contributed by atoms with Crippen LogP contribution in [0.3, 0.4) is 0 Å². The summed E-state index contributed by atoms with van der Waals surface area (Å²) in [6.07, 6.45) is 1.19. The molecule has 1 fully saturated rings. The van der Waals surface area contributed by atoms with Crippen LogP contribution in [0.4, 0.5) is 0 Å². The molecule has 6 heteroatoms. The van der Waals surface area contributed by atoms with Crippen LogP contribution in [0.2, 0.25) is 0 Å². The van der Waals surface area contributed by atoms with Crippen molar-refractivity contribution in [1.82, 2.24) is 9.80 Å². The van der Waals surface area contributed by atoms with Gasteiger partial charge in [-0.25, -0.2) is 0 Å². The summed E-state index contributed by atoms with van der Waals surface area (Å²) in [7, 11) is 0. The molecule has 0 aromatic heterocycles. The summed E-state index contributed by atoms with van der Waals surface area (Å²) in [5, 5.41) is 8.77. The van der Waals surface area contributed by atoms with Crippen molar-refractivity contribution in [2.45, 2.75) is 32.7 Å². The van der Waals surface area contributed by atoms with Crippen LogP contribution in [0.5, 0.6) is 0 Å². The van der Waals surface area contributed by atoms with E-state index in [1.165, 1.54) is 0 Å². The van der Waals surface area contributed by atoms with Crippen LogP contribution in [0.15, 0.2) is 0 Å². The van der Waals surface area contributed by atoms with E-state index in [9.17, 15) is 9.59 Å². The van der Waals surface area contributed by atoms with Crippen molar-refractivity contribution in [2.75, 3.05) is 32.7 Å². The van der Waals surface area contributed by atoms with E-state index >= 15 is 0 Å². The molecule has 1 aliphatic rings. The summed E-state index contributed by atoms with van der Waals surface area (Å²) in [6, 6.07) is -0.106. The van der Waals surface area contributed by atoms with E-state index in [0.717, 1.165) is 13.0 Å². The first-order valence-corrected chi connectivity index (χ1v) is 6.87. The minimum Gasteiger partial charge on any atom is -0.480 e. The zero-order valence-electron chi connectivity index (χ0n) is 11.8. The third-order valence-corrected chi connectivity index (χ3v) is 3.57. The van der Waals surface area contributed by atoms with Crippen LogP contribution in [-0.4, -0.2) is 65.5 Å². The number of carbonyl (C=O) groups is 2. The maximum atomic E-state index is 12.1. The van der Waals surface area contributed by atoms with Gasteiger partial charge in [-0.1, -0.05) is 13.8 Å². The Morgan fingerprint density at radius 1 is 1.21 bits per heavy atom. The van der Waals surface area contributed by atoms with Crippen LogP contribution in [-0.2, 0) is 9.59 Å². The Morgan fingerprint density at radius 2 is 1.89 bits per heavy atom. The average Bonchev–Trinajstić information content (AvgIpc) is 2.53. The highest BCUT2D eigenvalue weighted by Crippen LogP contribution is 2.09. The molecule has 110 valence electrons. The van der Waals surface area contributed by atoms with Crippen molar-refractivity contribution in [3.63, 3.8) is 0 Å². The Hall–Kier alpha value is -1.14. The van der Waals surface area contributed by atoms with E-state index in [-0.39, 0.29) is 18.5 Å². The molecule has 1 amide bonds. The quantitative estimate of drug-likeness (QED) is 0.734. The van der Waals surface area contributed by atoms with E-state index in [1.54, 1.807) is 0 Å². The summed E-state index contributed by atoms with van der Waals surface area (Å²) in [5.74, 6) is -0.445. The van der Waals surface area contributed by atoms with Gasteiger partial charge in [0.15, 0.2) is 0 Å². The van der Waals surface area contributed by atoms with Gasteiger partial charge in [0.25, 0.3) is 0 Å². The molecule has 1 heterocycles. The molecule has 0 radical (unpaired) electrons. The van der Waals surface area contributed by atoms with Gasteiger partial charge >= 0.3 is 5.97 Å². The number of rotatable bonds is 5. The van der Waals surface area contributed by atoms with E-state index in [1.807, 2.05) is 23.6 Å². The number of carboxylic acids is 1. The summed E-state index contributed by atoms with van der Waals surface area (Å²) in [5.41, 5.74) is 5.92. The number of aliphatic carboxylic acids is 1. The SMILES string of the molecule is CC(C)C(N)CC(=O)N1CCCN(CC(=O)O)CC1. The van der Waals surface area contributed by atoms with Gasteiger partial charge in [-0.15, -0.1) is 0 Å². The molecule has 0 aliphatic carbocycles. The first-order chi connectivity index (χ1) is 8.90. The average molecular weight is 271 g/mol. The van der Waals surface area contributed by atoms with Crippen LogP contribution in [0.1, 0.15) is 26.7 Å². The largest absolute Gasteiger partial charge is 0.480 e. The van der Waals surface area contributed by atoms with Crippen LogP contribution in [0.25, 0.3) is 0 Å². The lowest BCUT2D eigenvalue weighted by Crippen LogP contribution is -2.40. The van der Waals surface area contributed by atoms with Crippen molar-refractivity contribution in [1.29, 1.82) is 0 Å². The maximum absolute atomic E-state index is 12.1. The summed E-state index contributed by atoms with van der Waals surface area (Å²) >= 11 is 0. The van der Waals surface area contributed by atoms with Gasteiger partial charge in [0, 0.05) is 38.6 Å². The lowest BCUT2D eigenvalue weighted by atomic mass is 10.0. The van der Waals surface area contributed by atoms with Gasteiger partial charge in [0.1, 0.15) is 0 Å². The van der Waals surface area contributed by atoms with Crippen LogP contribution < -0.4 is 5.73 Å². The number of nitrogens with zero attached hydrogens (tertiary/aromatic N) is 2. The highest BCUT2D eigenvalue weighted by molar-refractivity contribution is 5.77. The molecule has 1 rings (SSSR count). The Kier molecular flexibility index (Phi) is 6.24. The summed E-state index contributed by atoms with van der Waals surface area (Å²) in [6.45, 7) is 6.70. The van der Waals surface area contributed by atoms with Crippen LogP contribution in [0, 0.1) is 5.92 Å². The van der Waals surface area contributed by atoms with Gasteiger partial charge in [0.2, 0.25) is 5.91 Å². The third kappa shape index (κ3) is 5.57. The molecule has 0 aromatic carbocycles. The second kappa shape index (κ2) is 7.45. The molecule has 0 spiro atoms. The zero-order valence-corrected chi connectivity index (χ0v) is 11.8. The molecule has 0 bridgehead atoms. The minimum absolute atomic E-state index is 0.0491. The Bertz CT molecular complexity index is 320. The van der Waals surface area contributed by atoms with Crippen molar-refractivity contribution < 1.29 is 14.7 Å². The number of hydrogen-bond acceptors (Lipinski definition) is 4. The highest BCUT2D eigenvalue weighted by Gasteiger charge is 2.22. The highest BCUT2D eigenvalue weighted by atomic mass is 16.4. The predicted molar refractivity (Wildman–Crippen MR) is 72.7 cm³/mol. The number of nitrogens with two attached hydrogens (primary N) is 1. The van der Waals surface area contributed by atoms with E-state index in [4.69, 9.17) is 10.8 Å². The van der Waals surface area contributed by atoms with Gasteiger partial charge in [-0.05, 0) is 12.3 Å². The Morgan fingerprint density at radius 3 is 2.47 bits per heavy atom. The minimum atomic E-state index is -0.818. The molecule has 3 N–H and O–H groups in total. The Balaban J connectivity index is 2.43. The smallest absolute Gasteiger partial charge is 0.317 e. The fourth-order valence-electron chi connectivity index (χ4n) is 2.14. The number of carboxylic acid groups (broad SMARTS) is 1. The van der Waals surface area contributed by atoms with Gasteiger partial charge in [-0.3, -0.25) is 14.5 Å². The molecule has 0 aromatic rings. The Labute approximate surface area is 114 Å². The standard InChI is InChI=1S/C13H25N3O3/c1-10(2)11(14)8-12(17)16-5-3-4-15(6-7-16)9-13(18)19/h10-11H,3-9,14H2,1-2H3,(H,18,19). The second-order valence-electron chi connectivity index (χ2n) is 5.52. The second-order valence-corrected chi connectivity index (χ2v) is 5.52. The molecular formula is C13H25N3O3. The fraction of sp³-hybridized carbons (Fsp3) is 0.846. The monoisotopic (exact) mass is 271 g/mol. The van der Waals surface area contributed by atoms with Crippen molar-refractivity contribution in [2.24, 2.45) is 11.7 Å². The summed E-state index contributed by atoms with van der Waals surface area (Å²) < 4.78 is 0. The zero-order chi connectivity index (χ0) is 14.4. The first-order valence-electron chi connectivity index (χ1n) is 6.87. The van der Waals surface area contributed by atoms with Crippen LogP contribution >= 0.6 is 0 Å². The molecule has 19 heavy (non-hydrogen) atoms. The fourth-order valence-corrected chi connectivity index (χ4v) is 2.14. The van der Waals surface area contributed by atoms with E-state index in [2.05, 4.69) is 0 Å². The molecule has 1 saturated heterocycles. The van der Waals surface area contributed by atoms with Crippen molar-refractivity contribution in [3.8, 4) is 0 Å². The lowest BCUT2D eigenvalue weighted by Gasteiger charge is -2.24. The number of carbonyl (C=O) groups excluding carboxylic acids is 1. The van der Waals surface area contributed by atoms with E-state index < -0.39 is 5.97 Å². The maximum Gasteiger partial charge on any atom is 0.317 e. The van der Waals surface area contributed by atoms with Crippen molar-refractivity contribution in [3.05, 3.63) is 0 Å². The molecule has 1 unspecified atom stereocenters. The normalized spacial score (nSPS) is 19.3. The van der Waals surface area contributed by atoms with Gasteiger partial charge in [0.05, 0.1) is 6.54 Å². The molecule has 1 aliphatic heterocycles.